The summed E-state index contributed by atoms with van der Waals surface area (Å²) in [6, 6.07) is 11.4. The van der Waals surface area contributed by atoms with Crippen LogP contribution in [0.15, 0.2) is 61.2 Å². The molecule has 0 bridgehead atoms. The van der Waals surface area contributed by atoms with E-state index >= 15 is 0 Å². The van der Waals surface area contributed by atoms with E-state index in [1.54, 1.807) is 24.8 Å². The van der Waals surface area contributed by atoms with Crippen molar-refractivity contribution in [1.82, 2.24) is 9.97 Å². The van der Waals surface area contributed by atoms with Gasteiger partial charge < -0.3 is 10.0 Å². The fraction of sp³-hybridized carbons (Fsp3) is 0. The molecule has 2 aromatic heterocycles. The lowest BCUT2D eigenvalue weighted by Gasteiger charge is -1.70. The zero-order valence-corrected chi connectivity index (χ0v) is 10.2. The molecule has 0 aromatic carbocycles. The van der Waals surface area contributed by atoms with Crippen LogP contribution in [0.2, 0.25) is 0 Å². The summed E-state index contributed by atoms with van der Waals surface area (Å²) in [7, 11) is -6.33. The van der Waals surface area contributed by atoms with E-state index in [1.165, 1.54) is 0 Å². The number of nitrogens with zero attached hydrogens (tertiary/aromatic N) is 2. The molecule has 0 aliphatic rings. The van der Waals surface area contributed by atoms with Gasteiger partial charge in [0.05, 0.1) is 0 Å². The third-order valence-corrected chi connectivity index (χ3v) is 1.13. The first kappa shape index (κ1) is 20.4. The number of hydrogen-bond donors (Lipinski definition) is 2. The summed E-state index contributed by atoms with van der Waals surface area (Å²) in [5.74, 6) is 0. The van der Waals surface area contributed by atoms with Crippen LogP contribution in [-0.4, -0.2) is 35.0 Å². The van der Waals surface area contributed by atoms with Gasteiger partial charge in [-0.1, -0.05) is 12.1 Å². The van der Waals surface area contributed by atoms with Crippen LogP contribution in [0.1, 0.15) is 0 Å². The second-order valence-electron chi connectivity index (χ2n) is 2.60. The molecule has 4 nitrogen and oxygen atoms in total. The summed E-state index contributed by atoms with van der Waals surface area (Å²) >= 11 is 0. The monoisotopic (exact) mass is 290 g/mol. The average molecular weight is 290 g/mol. The summed E-state index contributed by atoms with van der Waals surface area (Å²) in [6.45, 7) is 0. The summed E-state index contributed by atoms with van der Waals surface area (Å²) in [4.78, 5) is 7.57. The Balaban J connectivity index is 0. The van der Waals surface area contributed by atoms with Crippen LogP contribution >= 0.6 is 0 Å². The molecule has 0 aliphatic carbocycles. The van der Waals surface area contributed by atoms with Crippen molar-refractivity contribution in [1.29, 1.82) is 0 Å². The Morgan fingerprint density at radius 3 is 0.800 bits per heavy atom. The molecule has 0 amide bonds. The molecule has 0 radical (unpaired) electrons. The molecule has 20 heavy (non-hydrogen) atoms. The Kier molecular flexibility index (Phi) is 17.4. The van der Waals surface area contributed by atoms with Crippen LogP contribution in [-0.2, 0) is 0 Å². The number of pyridine rings is 2. The van der Waals surface area contributed by atoms with Crippen molar-refractivity contribution >= 4 is 14.9 Å². The van der Waals surface area contributed by atoms with Gasteiger partial charge in [-0.05, 0) is 24.3 Å². The maximum absolute atomic E-state index is 9.89. The topological polar surface area (TPSA) is 66.2 Å². The van der Waals surface area contributed by atoms with Gasteiger partial charge in [-0.25, -0.2) is 0 Å². The van der Waals surface area contributed by atoms with E-state index in [1.807, 2.05) is 36.4 Å². The van der Waals surface area contributed by atoms with Crippen LogP contribution in [0.4, 0.5) is 17.3 Å². The minimum atomic E-state index is -3.17. The van der Waals surface area contributed by atoms with Crippen LogP contribution in [0.3, 0.4) is 0 Å². The summed E-state index contributed by atoms with van der Waals surface area (Å²) in [5, 5.41) is 13.4. The summed E-state index contributed by atoms with van der Waals surface area (Å²) < 4.78 is 39.6. The standard InChI is InChI=1S/2C5H5N.2BF2HO/c2*1-2-4-6-5-3-1;2*2-1(3)4/h2*1-5H;2*4H. The molecule has 2 aromatic rings. The third-order valence-electron chi connectivity index (χ3n) is 1.13. The largest absolute Gasteiger partial charge is 0.718 e. The molecular weight excluding hydrogens is 278 g/mol. The fourth-order valence-corrected chi connectivity index (χ4v) is 0.625. The van der Waals surface area contributed by atoms with Crippen molar-refractivity contribution in [3.63, 3.8) is 0 Å². The minimum absolute atomic E-state index is 1.75. The Bertz CT molecular complexity index is 278. The maximum atomic E-state index is 9.89. The highest BCUT2D eigenvalue weighted by Gasteiger charge is 2.02. The maximum Gasteiger partial charge on any atom is 0.718 e. The number of halogens is 4. The van der Waals surface area contributed by atoms with Crippen molar-refractivity contribution in [2.75, 3.05) is 0 Å². The van der Waals surface area contributed by atoms with Gasteiger partial charge in [-0.15, -0.1) is 0 Å². The highest BCUT2D eigenvalue weighted by atomic mass is 19.2. The second-order valence-corrected chi connectivity index (χ2v) is 2.60. The van der Waals surface area contributed by atoms with E-state index in [-0.39, 0.29) is 0 Å². The molecular formula is C10H12B2F4N2O2. The average Bonchev–Trinajstić information content (AvgIpc) is 2.42. The molecule has 0 saturated carbocycles. The van der Waals surface area contributed by atoms with Crippen molar-refractivity contribution in [3.05, 3.63) is 61.2 Å². The molecule has 2 heterocycles. The Labute approximate surface area is 114 Å². The predicted molar refractivity (Wildman–Crippen MR) is 68.9 cm³/mol. The van der Waals surface area contributed by atoms with Gasteiger partial charge in [-0.2, -0.15) is 0 Å². The molecule has 0 unspecified atom stereocenters. The van der Waals surface area contributed by atoms with Crippen LogP contribution in [0, 0.1) is 0 Å². The second kappa shape index (κ2) is 17.1. The first-order valence-corrected chi connectivity index (χ1v) is 5.09. The molecule has 0 aliphatic heterocycles. The summed E-state index contributed by atoms with van der Waals surface area (Å²) in [6.07, 6.45) is 7.00. The molecule has 0 spiro atoms. The molecule has 2 N–H and O–H groups in total. The quantitative estimate of drug-likeness (QED) is 0.575. The van der Waals surface area contributed by atoms with Crippen molar-refractivity contribution in [2.45, 2.75) is 0 Å². The molecule has 10 heteroatoms. The minimum Gasteiger partial charge on any atom is -0.395 e. The van der Waals surface area contributed by atoms with Gasteiger partial charge in [0.1, 0.15) is 0 Å². The van der Waals surface area contributed by atoms with Crippen LogP contribution in [0.5, 0.6) is 0 Å². The van der Waals surface area contributed by atoms with E-state index in [0.29, 0.717) is 0 Å². The molecule has 0 fully saturated rings. The zero-order valence-electron chi connectivity index (χ0n) is 10.2. The predicted octanol–water partition coefficient (Wildman–Crippen LogP) is 1.97. The van der Waals surface area contributed by atoms with Crippen molar-refractivity contribution in [2.24, 2.45) is 0 Å². The first-order valence-electron chi connectivity index (χ1n) is 5.09. The van der Waals surface area contributed by atoms with Crippen molar-refractivity contribution < 1.29 is 27.3 Å². The number of hydrogen-bond acceptors (Lipinski definition) is 4. The fourth-order valence-electron chi connectivity index (χ4n) is 0.625. The molecule has 2 rings (SSSR count). The lowest BCUT2D eigenvalue weighted by molar-refractivity contribution is 0.416. The third kappa shape index (κ3) is 36.0. The molecule has 0 atom stereocenters. The Hall–Kier alpha value is -1.93. The zero-order chi connectivity index (χ0) is 15.6. The lowest BCUT2D eigenvalue weighted by atomic mass is 10.4. The van der Waals surface area contributed by atoms with E-state index in [4.69, 9.17) is 10.0 Å². The number of rotatable bonds is 0. The van der Waals surface area contributed by atoms with E-state index < -0.39 is 14.9 Å². The molecule has 0 saturated heterocycles. The van der Waals surface area contributed by atoms with Crippen LogP contribution < -0.4 is 0 Å². The van der Waals surface area contributed by atoms with Gasteiger partial charge in [0, 0.05) is 24.8 Å². The van der Waals surface area contributed by atoms with Crippen LogP contribution in [0.25, 0.3) is 0 Å². The Morgan fingerprint density at radius 2 is 0.750 bits per heavy atom. The summed E-state index contributed by atoms with van der Waals surface area (Å²) in [5.41, 5.74) is 0. The van der Waals surface area contributed by atoms with E-state index in [9.17, 15) is 17.3 Å². The number of aromatic nitrogens is 2. The van der Waals surface area contributed by atoms with E-state index in [2.05, 4.69) is 9.97 Å². The lowest BCUT2D eigenvalue weighted by Crippen LogP contribution is -1.88. The highest BCUT2D eigenvalue weighted by Crippen LogP contribution is 1.74. The molecule has 108 valence electrons. The van der Waals surface area contributed by atoms with E-state index in [0.717, 1.165) is 0 Å². The van der Waals surface area contributed by atoms with Gasteiger partial charge in [0.25, 0.3) is 0 Å². The van der Waals surface area contributed by atoms with Gasteiger partial charge in [0.2, 0.25) is 0 Å². The van der Waals surface area contributed by atoms with Gasteiger partial charge >= 0.3 is 14.9 Å². The smallest absolute Gasteiger partial charge is 0.395 e. The van der Waals surface area contributed by atoms with Crippen molar-refractivity contribution in [3.8, 4) is 0 Å². The normalized spacial score (nSPS) is 7.50. The van der Waals surface area contributed by atoms with Gasteiger partial charge in [0.15, 0.2) is 0 Å². The SMILES string of the molecule is OB(F)F.OB(F)F.c1ccncc1.c1ccncc1. The Morgan fingerprint density at radius 1 is 0.550 bits per heavy atom. The van der Waals surface area contributed by atoms with Gasteiger partial charge in [-0.3, -0.25) is 27.2 Å². The highest BCUT2D eigenvalue weighted by molar-refractivity contribution is 6.32. The first-order chi connectivity index (χ1) is 9.46.